The van der Waals surface area contributed by atoms with E-state index >= 15 is 0 Å². The molecule has 1 heterocycles. The molecule has 0 radical (unpaired) electrons. The first-order valence-electron chi connectivity index (χ1n) is 8.21. The molecule has 1 N–H and O–H groups in total. The van der Waals surface area contributed by atoms with Crippen LogP contribution in [0.5, 0.6) is 0 Å². The number of rotatable bonds is 3. The Balaban J connectivity index is 1.61. The first kappa shape index (κ1) is 15.8. The van der Waals surface area contributed by atoms with Crippen LogP contribution in [0.1, 0.15) is 5.56 Å². The van der Waals surface area contributed by atoms with E-state index in [4.69, 9.17) is 0 Å². The minimum atomic E-state index is -0.0274. The molecule has 3 aromatic rings. The Labute approximate surface area is 151 Å². The Bertz CT molecular complexity index is 876. The third kappa shape index (κ3) is 3.26. The fourth-order valence-corrected chi connectivity index (χ4v) is 4.03. The number of carbonyl (C=O) groups excluding carboxylic acids is 1. The van der Waals surface area contributed by atoms with Crippen molar-refractivity contribution >= 4 is 34.7 Å². The molecule has 4 heteroatoms. The SMILES string of the molecule is Cc1ccc(NC(=O)CN2c3ccccc3Sc3ccccc32)cc1. The Morgan fingerprint density at radius 1 is 0.880 bits per heavy atom. The number of fused-ring (bicyclic) bond motifs is 2. The second-order valence-corrected chi connectivity index (χ2v) is 7.12. The van der Waals surface area contributed by atoms with Crippen LogP contribution in [0.25, 0.3) is 0 Å². The lowest BCUT2D eigenvalue weighted by Gasteiger charge is -2.32. The van der Waals surface area contributed by atoms with Crippen LogP contribution in [-0.4, -0.2) is 12.5 Å². The Kier molecular flexibility index (Phi) is 4.20. The summed E-state index contributed by atoms with van der Waals surface area (Å²) in [5.74, 6) is -0.0274. The minimum Gasteiger partial charge on any atom is -0.330 e. The molecular formula is C21H18N2OS. The average molecular weight is 346 g/mol. The van der Waals surface area contributed by atoms with Crippen LogP contribution in [0.3, 0.4) is 0 Å². The summed E-state index contributed by atoms with van der Waals surface area (Å²) < 4.78 is 0. The van der Waals surface area contributed by atoms with Gasteiger partial charge in [-0.25, -0.2) is 0 Å². The molecule has 0 unspecified atom stereocenters. The molecule has 124 valence electrons. The fraction of sp³-hybridized carbons (Fsp3) is 0.0952. The standard InChI is InChI=1S/C21H18N2OS/c1-15-10-12-16(13-11-15)22-21(24)14-23-17-6-2-4-8-19(17)25-20-9-5-3-7-18(20)23/h2-13H,14H2,1H3,(H,22,24). The molecule has 4 rings (SSSR count). The van der Waals surface area contributed by atoms with Crippen molar-refractivity contribution in [3.63, 3.8) is 0 Å². The van der Waals surface area contributed by atoms with Gasteiger partial charge in [0.1, 0.15) is 6.54 Å². The summed E-state index contributed by atoms with van der Waals surface area (Å²) >= 11 is 1.75. The number of nitrogens with one attached hydrogen (secondary N) is 1. The molecule has 0 atom stereocenters. The number of benzene rings is 3. The van der Waals surface area contributed by atoms with E-state index in [0.29, 0.717) is 0 Å². The fourth-order valence-electron chi connectivity index (χ4n) is 2.93. The summed E-state index contributed by atoms with van der Waals surface area (Å²) in [7, 11) is 0. The first-order chi connectivity index (χ1) is 12.2. The third-order valence-corrected chi connectivity index (χ3v) is 5.30. The highest BCUT2D eigenvalue weighted by molar-refractivity contribution is 7.99. The van der Waals surface area contributed by atoms with Crippen LogP contribution in [0, 0.1) is 6.92 Å². The van der Waals surface area contributed by atoms with Crippen LogP contribution < -0.4 is 10.2 Å². The van der Waals surface area contributed by atoms with E-state index in [2.05, 4.69) is 34.5 Å². The number of amides is 1. The van der Waals surface area contributed by atoms with Crippen molar-refractivity contribution in [3.8, 4) is 0 Å². The smallest absolute Gasteiger partial charge is 0.244 e. The number of aryl methyl sites for hydroxylation is 1. The van der Waals surface area contributed by atoms with Crippen LogP contribution in [0.2, 0.25) is 0 Å². The number of hydrogen-bond acceptors (Lipinski definition) is 3. The van der Waals surface area contributed by atoms with Gasteiger partial charge in [0.25, 0.3) is 0 Å². The molecule has 0 saturated carbocycles. The molecule has 3 nitrogen and oxygen atoms in total. The van der Waals surface area contributed by atoms with Crippen molar-refractivity contribution in [1.82, 2.24) is 0 Å². The van der Waals surface area contributed by atoms with E-state index in [9.17, 15) is 4.79 Å². The van der Waals surface area contributed by atoms with E-state index in [0.717, 1.165) is 17.1 Å². The van der Waals surface area contributed by atoms with Gasteiger partial charge >= 0.3 is 0 Å². The number of para-hydroxylation sites is 2. The summed E-state index contributed by atoms with van der Waals surface area (Å²) in [5, 5.41) is 2.99. The van der Waals surface area contributed by atoms with Gasteiger partial charge in [-0.05, 0) is 43.3 Å². The number of carbonyl (C=O) groups is 1. The maximum atomic E-state index is 12.6. The van der Waals surface area contributed by atoms with Crippen molar-refractivity contribution in [2.75, 3.05) is 16.8 Å². The summed E-state index contributed by atoms with van der Waals surface area (Å²) in [5.41, 5.74) is 4.15. The summed E-state index contributed by atoms with van der Waals surface area (Å²) in [6, 6.07) is 24.3. The van der Waals surface area contributed by atoms with Gasteiger partial charge in [0.2, 0.25) is 5.91 Å². The Hall–Kier alpha value is -2.72. The number of hydrogen-bond donors (Lipinski definition) is 1. The van der Waals surface area contributed by atoms with Crippen molar-refractivity contribution in [1.29, 1.82) is 0 Å². The molecule has 1 aliphatic rings. The van der Waals surface area contributed by atoms with Crippen LogP contribution in [0.4, 0.5) is 17.1 Å². The summed E-state index contributed by atoms with van der Waals surface area (Å²) in [4.78, 5) is 17.1. The van der Waals surface area contributed by atoms with Gasteiger partial charge in [-0.2, -0.15) is 0 Å². The highest BCUT2D eigenvalue weighted by Gasteiger charge is 2.24. The highest BCUT2D eigenvalue weighted by atomic mass is 32.2. The number of nitrogens with zero attached hydrogens (tertiary/aromatic N) is 1. The second-order valence-electron chi connectivity index (χ2n) is 6.04. The lowest BCUT2D eigenvalue weighted by Crippen LogP contribution is -2.31. The van der Waals surface area contributed by atoms with E-state index < -0.39 is 0 Å². The van der Waals surface area contributed by atoms with Crippen molar-refractivity contribution < 1.29 is 4.79 Å². The molecule has 1 aliphatic heterocycles. The minimum absolute atomic E-state index is 0.0274. The van der Waals surface area contributed by atoms with Crippen molar-refractivity contribution in [2.45, 2.75) is 16.7 Å². The van der Waals surface area contributed by atoms with Crippen LogP contribution >= 0.6 is 11.8 Å². The lowest BCUT2D eigenvalue weighted by atomic mass is 10.2. The lowest BCUT2D eigenvalue weighted by molar-refractivity contribution is -0.114. The quantitative estimate of drug-likeness (QED) is 0.704. The zero-order valence-corrected chi connectivity index (χ0v) is 14.7. The normalized spacial score (nSPS) is 12.3. The molecular weight excluding hydrogens is 328 g/mol. The van der Waals surface area contributed by atoms with Gasteiger partial charge in [-0.15, -0.1) is 0 Å². The monoisotopic (exact) mass is 346 g/mol. The van der Waals surface area contributed by atoms with E-state index in [1.807, 2.05) is 55.5 Å². The second kappa shape index (κ2) is 6.65. The van der Waals surface area contributed by atoms with Gasteiger partial charge in [0.15, 0.2) is 0 Å². The average Bonchev–Trinajstić information content (AvgIpc) is 2.63. The van der Waals surface area contributed by atoms with Crippen LogP contribution in [0.15, 0.2) is 82.6 Å². The zero-order valence-electron chi connectivity index (χ0n) is 13.9. The van der Waals surface area contributed by atoms with E-state index in [1.165, 1.54) is 15.4 Å². The molecule has 3 aromatic carbocycles. The molecule has 0 bridgehead atoms. The predicted molar refractivity (Wildman–Crippen MR) is 104 cm³/mol. The maximum absolute atomic E-state index is 12.6. The predicted octanol–water partition coefficient (Wildman–Crippen LogP) is 5.24. The molecule has 0 spiro atoms. The van der Waals surface area contributed by atoms with E-state index in [-0.39, 0.29) is 12.5 Å². The molecule has 0 saturated heterocycles. The Morgan fingerprint density at radius 2 is 1.44 bits per heavy atom. The number of anilines is 3. The van der Waals surface area contributed by atoms with E-state index in [1.54, 1.807) is 11.8 Å². The molecule has 0 fully saturated rings. The molecule has 25 heavy (non-hydrogen) atoms. The first-order valence-corrected chi connectivity index (χ1v) is 9.02. The Morgan fingerprint density at radius 3 is 2.04 bits per heavy atom. The third-order valence-electron chi connectivity index (χ3n) is 4.17. The van der Waals surface area contributed by atoms with Gasteiger partial charge < -0.3 is 10.2 Å². The topological polar surface area (TPSA) is 32.3 Å². The molecule has 0 aliphatic carbocycles. The van der Waals surface area contributed by atoms with Gasteiger partial charge in [0, 0.05) is 15.5 Å². The largest absolute Gasteiger partial charge is 0.330 e. The van der Waals surface area contributed by atoms with Crippen molar-refractivity contribution in [2.24, 2.45) is 0 Å². The van der Waals surface area contributed by atoms with Crippen LogP contribution in [-0.2, 0) is 4.79 Å². The maximum Gasteiger partial charge on any atom is 0.244 e. The summed E-state index contributed by atoms with van der Waals surface area (Å²) in [6.45, 7) is 2.31. The molecule has 0 aromatic heterocycles. The van der Waals surface area contributed by atoms with Gasteiger partial charge in [-0.3, -0.25) is 4.79 Å². The molecule has 1 amide bonds. The van der Waals surface area contributed by atoms with Gasteiger partial charge in [-0.1, -0.05) is 53.7 Å². The highest BCUT2D eigenvalue weighted by Crippen LogP contribution is 2.47. The summed E-state index contributed by atoms with van der Waals surface area (Å²) in [6.07, 6.45) is 0. The van der Waals surface area contributed by atoms with Crippen molar-refractivity contribution in [3.05, 3.63) is 78.4 Å². The zero-order chi connectivity index (χ0) is 17.2. The van der Waals surface area contributed by atoms with Gasteiger partial charge in [0.05, 0.1) is 11.4 Å².